The number of nitrogens with one attached hydrogen (secondary N) is 1. The summed E-state index contributed by atoms with van der Waals surface area (Å²) in [5, 5.41) is 2.57. The Balaban J connectivity index is 1.85. The van der Waals surface area contributed by atoms with E-state index in [2.05, 4.69) is 12.2 Å². The summed E-state index contributed by atoms with van der Waals surface area (Å²) in [7, 11) is 1.54. The fraction of sp³-hybridized carbons (Fsp3) is 0.333. The first-order chi connectivity index (χ1) is 13.0. The molecule has 0 aromatic heterocycles. The number of amides is 2. The molecular weight excluding hydrogens is 347 g/mol. The molecule has 0 aliphatic heterocycles. The minimum Gasteiger partial charge on any atom is -0.494 e. The molecular formula is C21H25FN2O3. The van der Waals surface area contributed by atoms with E-state index in [1.807, 2.05) is 0 Å². The molecule has 0 saturated carbocycles. The van der Waals surface area contributed by atoms with Crippen molar-refractivity contribution in [2.75, 3.05) is 25.5 Å². The van der Waals surface area contributed by atoms with Crippen LogP contribution in [-0.4, -0.2) is 36.9 Å². The first kappa shape index (κ1) is 20.4. The van der Waals surface area contributed by atoms with Crippen LogP contribution < -0.4 is 10.1 Å². The summed E-state index contributed by atoms with van der Waals surface area (Å²) in [6, 6.07) is 12.5. The molecule has 0 spiro atoms. The maximum absolute atomic E-state index is 13.2. The van der Waals surface area contributed by atoms with Crippen LogP contribution >= 0.6 is 0 Å². The fourth-order valence-electron chi connectivity index (χ4n) is 2.51. The highest BCUT2D eigenvalue weighted by Gasteiger charge is 2.15. The van der Waals surface area contributed by atoms with Gasteiger partial charge in [0.1, 0.15) is 11.6 Å². The molecule has 0 bridgehead atoms. The molecule has 0 heterocycles. The van der Waals surface area contributed by atoms with Crippen molar-refractivity contribution in [3.8, 4) is 5.75 Å². The molecule has 0 saturated heterocycles. The van der Waals surface area contributed by atoms with Gasteiger partial charge in [-0.05, 0) is 48.9 Å². The standard InChI is InChI=1S/C21H25FN2O3/c1-3-4-5-13-27-19-11-9-16(10-12-19)21(26)24(2)15-20(25)23-18-8-6-7-17(22)14-18/h6-12,14H,3-5,13,15H2,1-2H3,(H,23,25). The van der Waals surface area contributed by atoms with Crippen molar-refractivity contribution >= 4 is 17.5 Å². The van der Waals surface area contributed by atoms with Crippen molar-refractivity contribution in [2.24, 2.45) is 0 Å². The summed E-state index contributed by atoms with van der Waals surface area (Å²) >= 11 is 0. The average Bonchev–Trinajstić information content (AvgIpc) is 2.65. The van der Waals surface area contributed by atoms with E-state index in [-0.39, 0.29) is 12.5 Å². The van der Waals surface area contributed by atoms with Crippen molar-refractivity contribution in [1.82, 2.24) is 4.90 Å². The number of nitrogens with zero attached hydrogens (tertiary/aromatic N) is 1. The number of anilines is 1. The Labute approximate surface area is 159 Å². The largest absolute Gasteiger partial charge is 0.494 e. The first-order valence-electron chi connectivity index (χ1n) is 9.03. The van der Waals surface area contributed by atoms with Crippen LogP contribution in [0.5, 0.6) is 5.75 Å². The van der Waals surface area contributed by atoms with Crippen molar-refractivity contribution in [3.05, 3.63) is 59.9 Å². The summed E-state index contributed by atoms with van der Waals surface area (Å²) in [6.07, 6.45) is 3.26. The Bertz CT molecular complexity index is 762. The minimum atomic E-state index is -0.436. The predicted octanol–water partition coefficient (Wildman–Crippen LogP) is 4.11. The van der Waals surface area contributed by atoms with Gasteiger partial charge >= 0.3 is 0 Å². The fourth-order valence-corrected chi connectivity index (χ4v) is 2.51. The van der Waals surface area contributed by atoms with Gasteiger partial charge in [-0.25, -0.2) is 4.39 Å². The number of hydrogen-bond acceptors (Lipinski definition) is 3. The average molecular weight is 372 g/mol. The number of carbonyl (C=O) groups excluding carboxylic acids is 2. The molecule has 0 aliphatic rings. The monoisotopic (exact) mass is 372 g/mol. The number of likely N-dealkylation sites (N-methyl/N-ethyl adjacent to an activating group) is 1. The van der Waals surface area contributed by atoms with Gasteiger partial charge in [-0.15, -0.1) is 0 Å². The summed E-state index contributed by atoms with van der Waals surface area (Å²) in [6.45, 7) is 2.65. The molecule has 0 unspecified atom stereocenters. The number of unbranched alkanes of at least 4 members (excludes halogenated alkanes) is 2. The lowest BCUT2D eigenvalue weighted by Gasteiger charge is -2.17. The van der Waals surface area contributed by atoms with E-state index < -0.39 is 11.7 Å². The van der Waals surface area contributed by atoms with E-state index in [0.29, 0.717) is 23.6 Å². The van der Waals surface area contributed by atoms with Crippen LogP contribution in [0.4, 0.5) is 10.1 Å². The Morgan fingerprint density at radius 1 is 1.11 bits per heavy atom. The number of benzene rings is 2. The normalized spacial score (nSPS) is 10.3. The second-order valence-corrected chi connectivity index (χ2v) is 6.30. The van der Waals surface area contributed by atoms with Gasteiger partial charge in [0.05, 0.1) is 13.2 Å². The Morgan fingerprint density at radius 2 is 1.85 bits per heavy atom. The van der Waals surface area contributed by atoms with Crippen LogP contribution in [0.2, 0.25) is 0 Å². The minimum absolute atomic E-state index is 0.134. The Kier molecular flexibility index (Phi) is 7.79. The van der Waals surface area contributed by atoms with Crippen LogP contribution in [0.15, 0.2) is 48.5 Å². The first-order valence-corrected chi connectivity index (χ1v) is 9.03. The number of ether oxygens (including phenoxy) is 1. The molecule has 2 rings (SSSR count). The third-order valence-corrected chi connectivity index (χ3v) is 3.95. The number of carbonyl (C=O) groups is 2. The highest BCUT2D eigenvalue weighted by atomic mass is 19.1. The molecule has 0 aliphatic carbocycles. The van der Waals surface area contributed by atoms with E-state index in [4.69, 9.17) is 4.74 Å². The molecule has 5 nitrogen and oxygen atoms in total. The molecule has 2 amide bonds. The maximum atomic E-state index is 13.2. The zero-order chi connectivity index (χ0) is 19.6. The summed E-state index contributed by atoms with van der Waals surface area (Å²) in [5.41, 5.74) is 0.822. The lowest BCUT2D eigenvalue weighted by molar-refractivity contribution is -0.116. The molecule has 27 heavy (non-hydrogen) atoms. The lowest BCUT2D eigenvalue weighted by Crippen LogP contribution is -2.34. The zero-order valence-corrected chi connectivity index (χ0v) is 15.7. The smallest absolute Gasteiger partial charge is 0.254 e. The third-order valence-electron chi connectivity index (χ3n) is 3.95. The van der Waals surface area contributed by atoms with E-state index in [9.17, 15) is 14.0 Å². The third kappa shape index (κ3) is 6.73. The van der Waals surface area contributed by atoms with E-state index in [1.165, 1.54) is 23.1 Å². The van der Waals surface area contributed by atoms with Gasteiger partial charge in [0.25, 0.3) is 5.91 Å². The molecule has 6 heteroatoms. The summed E-state index contributed by atoms with van der Waals surface area (Å²) in [5.74, 6) is -0.391. The van der Waals surface area contributed by atoms with E-state index in [0.717, 1.165) is 19.3 Å². The summed E-state index contributed by atoms with van der Waals surface area (Å²) in [4.78, 5) is 25.8. The maximum Gasteiger partial charge on any atom is 0.254 e. The van der Waals surface area contributed by atoms with Gasteiger partial charge in [-0.3, -0.25) is 9.59 Å². The zero-order valence-electron chi connectivity index (χ0n) is 15.7. The summed E-state index contributed by atoms with van der Waals surface area (Å²) < 4.78 is 18.8. The highest BCUT2D eigenvalue weighted by Crippen LogP contribution is 2.14. The van der Waals surface area contributed by atoms with E-state index >= 15 is 0 Å². The Hall–Kier alpha value is -2.89. The van der Waals surface area contributed by atoms with Crippen LogP contribution in [-0.2, 0) is 4.79 Å². The van der Waals surface area contributed by atoms with Crippen molar-refractivity contribution in [3.63, 3.8) is 0 Å². The van der Waals surface area contributed by atoms with Crippen LogP contribution in [0.1, 0.15) is 36.5 Å². The van der Waals surface area contributed by atoms with Gasteiger partial charge < -0.3 is 15.0 Å². The SMILES string of the molecule is CCCCCOc1ccc(C(=O)N(C)CC(=O)Nc2cccc(F)c2)cc1. The molecule has 0 atom stereocenters. The second-order valence-electron chi connectivity index (χ2n) is 6.30. The van der Waals surface area contributed by atoms with Gasteiger partial charge in [0.15, 0.2) is 0 Å². The second kappa shape index (κ2) is 10.3. The molecule has 2 aromatic carbocycles. The molecule has 0 radical (unpaired) electrons. The van der Waals surface area contributed by atoms with Gasteiger partial charge in [-0.2, -0.15) is 0 Å². The Morgan fingerprint density at radius 3 is 2.52 bits per heavy atom. The quantitative estimate of drug-likeness (QED) is 0.674. The van der Waals surface area contributed by atoms with Crippen LogP contribution in [0, 0.1) is 5.82 Å². The molecule has 144 valence electrons. The number of rotatable bonds is 9. The number of hydrogen-bond donors (Lipinski definition) is 1. The van der Waals surface area contributed by atoms with Crippen molar-refractivity contribution in [2.45, 2.75) is 26.2 Å². The van der Waals surface area contributed by atoms with E-state index in [1.54, 1.807) is 37.4 Å². The van der Waals surface area contributed by atoms with Gasteiger partial charge in [0.2, 0.25) is 5.91 Å². The molecule has 2 aromatic rings. The highest BCUT2D eigenvalue weighted by molar-refractivity contribution is 5.99. The van der Waals surface area contributed by atoms with Crippen molar-refractivity contribution < 1.29 is 18.7 Å². The topological polar surface area (TPSA) is 58.6 Å². The van der Waals surface area contributed by atoms with Gasteiger partial charge in [0, 0.05) is 18.3 Å². The predicted molar refractivity (Wildman–Crippen MR) is 103 cm³/mol. The van der Waals surface area contributed by atoms with Crippen LogP contribution in [0.25, 0.3) is 0 Å². The van der Waals surface area contributed by atoms with Crippen molar-refractivity contribution in [1.29, 1.82) is 0 Å². The van der Waals surface area contributed by atoms with Gasteiger partial charge in [-0.1, -0.05) is 25.8 Å². The molecule has 1 N–H and O–H groups in total. The lowest BCUT2D eigenvalue weighted by atomic mass is 10.2. The van der Waals surface area contributed by atoms with Crippen LogP contribution in [0.3, 0.4) is 0 Å². The number of halogens is 1. The molecule has 0 fully saturated rings.